The van der Waals surface area contributed by atoms with Crippen LogP contribution in [0, 0.1) is 10.1 Å². The summed E-state index contributed by atoms with van der Waals surface area (Å²) in [5.41, 5.74) is 7.84. The van der Waals surface area contributed by atoms with Crippen molar-refractivity contribution in [3.05, 3.63) is 75.8 Å². The maximum absolute atomic E-state index is 12.8. The lowest BCUT2D eigenvalue weighted by Crippen LogP contribution is -2.39. The topological polar surface area (TPSA) is 89.5 Å². The number of carbonyl (C=O) groups is 1. The average molecular weight is 325 g/mol. The van der Waals surface area contributed by atoms with Crippen LogP contribution in [-0.2, 0) is 11.3 Å². The van der Waals surface area contributed by atoms with Crippen molar-refractivity contribution in [3.63, 3.8) is 0 Å². The lowest BCUT2D eigenvalue weighted by Gasteiger charge is -2.26. The fourth-order valence-electron chi connectivity index (χ4n) is 2.67. The molecule has 2 N–H and O–H groups in total. The van der Waals surface area contributed by atoms with Gasteiger partial charge < -0.3 is 10.6 Å². The highest BCUT2D eigenvalue weighted by atomic mass is 16.6. The fourth-order valence-corrected chi connectivity index (χ4v) is 2.67. The summed E-state index contributed by atoms with van der Waals surface area (Å²) in [7, 11) is 0. The van der Waals surface area contributed by atoms with Crippen LogP contribution in [-0.4, -0.2) is 21.8 Å². The van der Waals surface area contributed by atoms with Crippen LogP contribution in [0.1, 0.15) is 30.0 Å². The highest BCUT2D eigenvalue weighted by Crippen LogP contribution is 2.31. The average Bonchev–Trinajstić information content (AvgIpc) is 3.44. The Labute approximate surface area is 140 Å². The Morgan fingerprint density at radius 2 is 1.79 bits per heavy atom. The summed E-state index contributed by atoms with van der Waals surface area (Å²) in [4.78, 5) is 24.9. The molecule has 0 heterocycles. The molecule has 1 amide bonds. The standard InChI is InChI=1S/C18H19N3O3/c19-17(14-4-2-1-3-5-14)18(22)20(15-10-11-15)12-13-6-8-16(9-7-13)21(23)24/h1-9,15,17H,10-12,19H2. The van der Waals surface area contributed by atoms with Crippen molar-refractivity contribution in [2.45, 2.75) is 31.5 Å². The summed E-state index contributed by atoms with van der Waals surface area (Å²) >= 11 is 0. The fraction of sp³-hybridized carbons (Fsp3) is 0.278. The normalized spacial score (nSPS) is 14.9. The van der Waals surface area contributed by atoms with Crippen LogP contribution in [0.25, 0.3) is 0 Å². The first-order valence-electron chi connectivity index (χ1n) is 7.90. The Kier molecular flexibility index (Phi) is 4.57. The van der Waals surface area contributed by atoms with Crippen molar-refractivity contribution in [1.82, 2.24) is 4.90 Å². The first kappa shape index (κ1) is 16.1. The molecule has 3 rings (SSSR count). The summed E-state index contributed by atoms with van der Waals surface area (Å²) in [6.45, 7) is 0.419. The largest absolute Gasteiger partial charge is 0.334 e. The molecule has 1 aliphatic rings. The molecule has 24 heavy (non-hydrogen) atoms. The number of nitrogens with zero attached hydrogens (tertiary/aromatic N) is 2. The predicted molar refractivity (Wildman–Crippen MR) is 90.0 cm³/mol. The van der Waals surface area contributed by atoms with Crippen molar-refractivity contribution in [3.8, 4) is 0 Å². The number of nitro groups is 1. The van der Waals surface area contributed by atoms with Crippen molar-refractivity contribution in [1.29, 1.82) is 0 Å². The quantitative estimate of drug-likeness (QED) is 0.653. The van der Waals surface area contributed by atoms with Crippen molar-refractivity contribution in [2.75, 3.05) is 0 Å². The zero-order valence-corrected chi connectivity index (χ0v) is 13.2. The number of benzene rings is 2. The van der Waals surface area contributed by atoms with Gasteiger partial charge in [0.15, 0.2) is 0 Å². The smallest absolute Gasteiger partial charge is 0.269 e. The van der Waals surface area contributed by atoms with Gasteiger partial charge in [0.1, 0.15) is 6.04 Å². The second kappa shape index (κ2) is 6.80. The molecule has 0 radical (unpaired) electrons. The second-order valence-corrected chi connectivity index (χ2v) is 6.01. The Bertz CT molecular complexity index is 727. The number of rotatable bonds is 6. The van der Waals surface area contributed by atoms with E-state index in [1.165, 1.54) is 12.1 Å². The third-order valence-corrected chi connectivity index (χ3v) is 4.20. The SMILES string of the molecule is NC(C(=O)N(Cc1ccc([N+](=O)[O-])cc1)C1CC1)c1ccccc1. The highest BCUT2D eigenvalue weighted by Gasteiger charge is 2.35. The van der Waals surface area contributed by atoms with E-state index in [0.29, 0.717) is 6.54 Å². The van der Waals surface area contributed by atoms with Gasteiger partial charge in [0.25, 0.3) is 5.69 Å². The maximum Gasteiger partial charge on any atom is 0.269 e. The molecule has 1 atom stereocenters. The molecule has 0 aromatic heterocycles. The van der Waals surface area contributed by atoms with Crippen LogP contribution in [0.3, 0.4) is 0 Å². The summed E-state index contributed by atoms with van der Waals surface area (Å²) in [6.07, 6.45) is 1.94. The molecule has 124 valence electrons. The molecule has 0 aliphatic heterocycles. The van der Waals surface area contributed by atoms with Gasteiger partial charge in [0.2, 0.25) is 5.91 Å². The highest BCUT2D eigenvalue weighted by molar-refractivity contribution is 5.83. The number of hydrogen-bond acceptors (Lipinski definition) is 4. The van der Waals surface area contributed by atoms with E-state index in [1.807, 2.05) is 30.3 Å². The van der Waals surface area contributed by atoms with E-state index in [9.17, 15) is 14.9 Å². The molecule has 1 unspecified atom stereocenters. The van der Waals surface area contributed by atoms with Crippen LogP contribution in [0.5, 0.6) is 0 Å². The molecule has 2 aromatic carbocycles. The van der Waals surface area contributed by atoms with Crippen molar-refractivity contribution >= 4 is 11.6 Å². The number of non-ortho nitro benzene ring substituents is 1. The summed E-state index contributed by atoms with van der Waals surface area (Å²) < 4.78 is 0. The van der Waals surface area contributed by atoms with E-state index in [1.54, 1.807) is 17.0 Å². The van der Waals surface area contributed by atoms with E-state index in [0.717, 1.165) is 24.0 Å². The zero-order chi connectivity index (χ0) is 17.1. The molecule has 1 fully saturated rings. The van der Waals surface area contributed by atoms with Gasteiger partial charge in [-0.25, -0.2) is 0 Å². The second-order valence-electron chi connectivity index (χ2n) is 6.01. The van der Waals surface area contributed by atoms with Gasteiger partial charge in [-0.3, -0.25) is 14.9 Å². The van der Waals surface area contributed by atoms with Crippen LogP contribution in [0.2, 0.25) is 0 Å². The minimum Gasteiger partial charge on any atom is -0.334 e. The lowest BCUT2D eigenvalue weighted by atomic mass is 10.1. The molecule has 2 aromatic rings. The minimum absolute atomic E-state index is 0.0454. The van der Waals surface area contributed by atoms with Gasteiger partial charge in [-0.05, 0) is 24.0 Å². The molecule has 1 saturated carbocycles. The number of hydrogen-bond donors (Lipinski definition) is 1. The first-order valence-corrected chi connectivity index (χ1v) is 7.90. The molecule has 6 heteroatoms. The molecule has 6 nitrogen and oxygen atoms in total. The number of nitrogens with two attached hydrogens (primary N) is 1. The van der Waals surface area contributed by atoms with Crippen molar-refractivity contribution < 1.29 is 9.72 Å². The third kappa shape index (κ3) is 3.60. The van der Waals surface area contributed by atoms with Gasteiger partial charge in [0.05, 0.1) is 4.92 Å². The third-order valence-electron chi connectivity index (χ3n) is 4.20. The van der Waals surface area contributed by atoms with Gasteiger partial charge in [-0.15, -0.1) is 0 Å². The van der Waals surface area contributed by atoms with Gasteiger partial charge in [0, 0.05) is 24.7 Å². The first-order chi connectivity index (χ1) is 11.6. The summed E-state index contributed by atoms with van der Waals surface area (Å²) in [5.74, 6) is -0.109. The molecule has 0 spiro atoms. The van der Waals surface area contributed by atoms with E-state index in [4.69, 9.17) is 5.73 Å². The van der Waals surface area contributed by atoms with E-state index in [-0.39, 0.29) is 17.6 Å². The van der Waals surface area contributed by atoms with Crippen LogP contribution in [0.4, 0.5) is 5.69 Å². The zero-order valence-electron chi connectivity index (χ0n) is 13.2. The van der Waals surface area contributed by atoms with Gasteiger partial charge in [-0.1, -0.05) is 42.5 Å². The van der Waals surface area contributed by atoms with Gasteiger partial charge >= 0.3 is 0 Å². The molecular weight excluding hydrogens is 306 g/mol. The van der Waals surface area contributed by atoms with Crippen LogP contribution < -0.4 is 5.73 Å². The van der Waals surface area contributed by atoms with E-state index < -0.39 is 11.0 Å². The monoisotopic (exact) mass is 325 g/mol. The minimum atomic E-state index is -0.690. The van der Waals surface area contributed by atoms with Crippen LogP contribution >= 0.6 is 0 Å². The number of nitro benzene ring substituents is 1. The van der Waals surface area contributed by atoms with E-state index >= 15 is 0 Å². The lowest BCUT2D eigenvalue weighted by molar-refractivity contribution is -0.384. The maximum atomic E-state index is 12.8. The molecular formula is C18H19N3O3. The Balaban J connectivity index is 1.75. The number of amides is 1. The molecule has 0 bridgehead atoms. The van der Waals surface area contributed by atoms with Crippen molar-refractivity contribution in [2.24, 2.45) is 5.73 Å². The predicted octanol–water partition coefficient (Wildman–Crippen LogP) is 2.79. The van der Waals surface area contributed by atoms with E-state index in [2.05, 4.69) is 0 Å². The Morgan fingerprint density at radius 3 is 2.33 bits per heavy atom. The Morgan fingerprint density at radius 1 is 1.17 bits per heavy atom. The van der Waals surface area contributed by atoms with Gasteiger partial charge in [-0.2, -0.15) is 0 Å². The Hall–Kier alpha value is -2.73. The molecule has 1 aliphatic carbocycles. The van der Waals surface area contributed by atoms with Crippen LogP contribution in [0.15, 0.2) is 54.6 Å². The summed E-state index contributed by atoms with van der Waals surface area (Å²) in [6, 6.07) is 15.1. The summed E-state index contributed by atoms with van der Waals surface area (Å²) in [5, 5.41) is 10.7. The molecule has 0 saturated heterocycles. The number of carbonyl (C=O) groups excluding carboxylic acids is 1.